The third kappa shape index (κ3) is 4.56. The average Bonchev–Trinajstić information content (AvgIpc) is 3.89. The molecule has 3 heterocycles. The van der Waals surface area contributed by atoms with Crippen molar-refractivity contribution in [1.29, 1.82) is 5.26 Å². The van der Waals surface area contributed by atoms with Gasteiger partial charge in [-0.05, 0) is 75.1 Å². The van der Waals surface area contributed by atoms with Crippen molar-refractivity contribution < 1.29 is 18.0 Å². The van der Waals surface area contributed by atoms with Gasteiger partial charge in [0.05, 0.1) is 16.5 Å². The molecular weight excluding hydrogens is 529 g/mol. The number of nitriles is 1. The highest BCUT2D eigenvalue weighted by molar-refractivity contribution is 5.97. The Morgan fingerprint density at radius 1 is 1.05 bits per heavy atom. The van der Waals surface area contributed by atoms with E-state index in [1.54, 1.807) is 35.4 Å². The van der Waals surface area contributed by atoms with Crippen LogP contribution in [0.2, 0.25) is 0 Å². The lowest BCUT2D eigenvalue weighted by molar-refractivity contribution is -0.191. The van der Waals surface area contributed by atoms with E-state index < -0.39 is 22.9 Å². The first kappa shape index (κ1) is 27.0. The second kappa shape index (κ2) is 9.84. The maximum absolute atomic E-state index is 14.6. The summed E-state index contributed by atoms with van der Waals surface area (Å²) in [5, 5.41) is 13.2. The number of nitrogens with zero attached hydrogens (tertiary/aromatic N) is 5. The molecule has 1 aromatic carbocycles. The molecule has 0 bridgehead atoms. The molecule has 7 rings (SSSR count). The van der Waals surface area contributed by atoms with Crippen LogP contribution in [0, 0.1) is 28.1 Å². The summed E-state index contributed by atoms with van der Waals surface area (Å²) in [4.78, 5) is 24.8. The molecule has 41 heavy (non-hydrogen) atoms. The first-order valence-electron chi connectivity index (χ1n) is 15.1. The summed E-state index contributed by atoms with van der Waals surface area (Å²) in [5.41, 5.74) is -2.10. The fourth-order valence-electron chi connectivity index (χ4n) is 8.00. The van der Waals surface area contributed by atoms with Gasteiger partial charge in [0.25, 0.3) is 0 Å². The summed E-state index contributed by atoms with van der Waals surface area (Å²) in [6, 6.07) is 9.33. The number of alkyl halides is 3. The molecule has 1 N–H and O–H groups in total. The van der Waals surface area contributed by atoms with Crippen molar-refractivity contribution in [2.24, 2.45) is 16.7 Å². The van der Waals surface area contributed by atoms with Crippen LogP contribution in [0.3, 0.4) is 0 Å². The fraction of sp³-hybridized carbons (Fsp3) is 0.645. The SMILES string of the molecule is N#Cc1ccc(N2C[C@]3(C(=O)NC4CCC(N5CCN(CC6CC6)CC5)CC4)C[C@]3(C(F)(F)F)C2)c2cccnc12. The lowest BCUT2D eigenvalue weighted by atomic mass is 9.88. The summed E-state index contributed by atoms with van der Waals surface area (Å²) >= 11 is 0. The average molecular weight is 567 g/mol. The Hall–Kier alpha value is -2.90. The zero-order valence-corrected chi connectivity index (χ0v) is 23.3. The van der Waals surface area contributed by atoms with Gasteiger partial charge in [-0.25, -0.2) is 0 Å². The Bertz CT molecular complexity index is 1370. The van der Waals surface area contributed by atoms with E-state index in [4.69, 9.17) is 0 Å². The smallest absolute Gasteiger partial charge is 0.369 e. The van der Waals surface area contributed by atoms with Crippen LogP contribution in [0.1, 0.15) is 50.5 Å². The number of piperidine rings is 1. The molecule has 1 amide bonds. The molecule has 10 heteroatoms. The van der Waals surface area contributed by atoms with Gasteiger partial charge < -0.3 is 15.1 Å². The van der Waals surface area contributed by atoms with E-state index in [0.29, 0.717) is 28.2 Å². The van der Waals surface area contributed by atoms with Gasteiger partial charge in [0.1, 0.15) is 11.5 Å². The molecule has 2 saturated heterocycles. The minimum Gasteiger partial charge on any atom is -0.369 e. The lowest BCUT2D eigenvalue weighted by Crippen LogP contribution is -2.53. The van der Waals surface area contributed by atoms with Crippen LogP contribution in [-0.2, 0) is 4.79 Å². The number of benzene rings is 1. The van der Waals surface area contributed by atoms with Crippen LogP contribution < -0.4 is 10.2 Å². The highest BCUT2D eigenvalue weighted by atomic mass is 19.4. The van der Waals surface area contributed by atoms with Crippen molar-refractivity contribution in [2.45, 2.75) is 63.2 Å². The van der Waals surface area contributed by atoms with E-state index in [9.17, 15) is 23.2 Å². The largest absolute Gasteiger partial charge is 0.397 e. The zero-order valence-electron chi connectivity index (χ0n) is 23.3. The second-order valence-corrected chi connectivity index (χ2v) is 13.1. The van der Waals surface area contributed by atoms with Crippen LogP contribution in [0.15, 0.2) is 30.5 Å². The maximum atomic E-state index is 14.6. The molecule has 2 atom stereocenters. The van der Waals surface area contributed by atoms with Crippen LogP contribution in [-0.4, -0.2) is 84.8 Å². The van der Waals surface area contributed by atoms with Gasteiger partial charge in [0.15, 0.2) is 0 Å². The molecule has 7 nitrogen and oxygen atoms in total. The number of halogens is 3. The van der Waals surface area contributed by atoms with E-state index in [-0.39, 0.29) is 25.6 Å². The molecular formula is C31H37F3N6O. The number of aromatic nitrogens is 1. The Balaban J connectivity index is 1.01. The Morgan fingerprint density at radius 2 is 1.80 bits per heavy atom. The van der Waals surface area contributed by atoms with Gasteiger partial charge in [0, 0.05) is 75.2 Å². The quantitative estimate of drug-likeness (QED) is 0.562. The molecule has 1 aromatic heterocycles. The fourth-order valence-corrected chi connectivity index (χ4v) is 8.00. The minimum atomic E-state index is -4.49. The normalized spacial score (nSPS) is 32.5. The van der Waals surface area contributed by atoms with Crippen molar-refractivity contribution in [2.75, 3.05) is 50.7 Å². The molecule has 2 aliphatic heterocycles. The number of rotatable bonds is 6. The lowest BCUT2D eigenvalue weighted by Gasteiger charge is -2.42. The summed E-state index contributed by atoms with van der Waals surface area (Å²) in [5.74, 6) is 0.459. The van der Waals surface area contributed by atoms with Gasteiger partial charge in [-0.2, -0.15) is 18.4 Å². The molecule has 3 saturated carbocycles. The van der Waals surface area contributed by atoms with Crippen molar-refractivity contribution in [3.8, 4) is 6.07 Å². The summed E-state index contributed by atoms with van der Waals surface area (Å²) in [7, 11) is 0. The number of hydrogen-bond acceptors (Lipinski definition) is 6. The number of piperazine rings is 1. The highest BCUT2D eigenvalue weighted by Gasteiger charge is 2.86. The number of nitrogens with one attached hydrogen (secondary N) is 1. The Kier molecular flexibility index (Phi) is 6.47. The van der Waals surface area contributed by atoms with E-state index in [1.165, 1.54) is 19.4 Å². The summed E-state index contributed by atoms with van der Waals surface area (Å²) < 4.78 is 43.7. The second-order valence-electron chi connectivity index (χ2n) is 13.1. The van der Waals surface area contributed by atoms with E-state index >= 15 is 0 Å². The Labute approximate surface area is 238 Å². The van der Waals surface area contributed by atoms with Crippen molar-refractivity contribution in [1.82, 2.24) is 20.1 Å². The first-order valence-corrected chi connectivity index (χ1v) is 15.1. The van der Waals surface area contributed by atoms with Gasteiger partial charge in [-0.3, -0.25) is 14.7 Å². The van der Waals surface area contributed by atoms with Gasteiger partial charge in [-0.1, -0.05) is 0 Å². The zero-order chi connectivity index (χ0) is 28.4. The number of hydrogen-bond donors (Lipinski definition) is 1. The summed E-state index contributed by atoms with van der Waals surface area (Å²) in [6.07, 6.45) is 3.24. The molecule has 0 radical (unpaired) electrons. The molecule has 5 aliphatic rings. The monoisotopic (exact) mass is 566 g/mol. The molecule has 2 aromatic rings. The standard InChI is InChI=1S/C31H37F3N6O/c32-31(33,34)30-18-29(30,19-40(20-30)26-10-5-22(16-35)27-25(26)2-1-11-36-27)28(41)37-23-6-8-24(9-7-23)39-14-12-38(13-15-39)17-21-3-4-21/h1-2,5,10-11,21,23-24H,3-4,6-9,12-15,17-20H2,(H,37,41)/t23?,24?,29-,30-/m0/s1. The molecule has 0 unspecified atom stereocenters. The molecule has 0 spiro atoms. The number of anilines is 1. The third-order valence-corrected chi connectivity index (χ3v) is 10.7. The van der Waals surface area contributed by atoms with Crippen LogP contribution in [0.25, 0.3) is 10.9 Å². The predicted octanol–water partition coefficient (Wildman–Crippen LogP) is 4.32. The predicted molar refractivity (Wildman–Crippen MR) is 149 cm³/mol. The first-order chi connectivity index (χ1) is 19.7. The van der Waals surface area contributed by atoms with E-state index in [0.717, 1.165) is 57.8 Å². The number of carbonyl (C=O) groups excluding carboxylic acids is 1. The van der Waals surface area contributed by atoms with Crippen LogP contribution in [0.4, 0.5) is 18.9 Å². The van der Waals surface area contributed by atoms with Crippen molar-refractivity contribution in [3.63, 3.8) is 0 Å². The number of fused-ring (bicyclic) bond motifs is 2. The van der Waals surface area contributed by atoms with Gasteiger partial charge in [0.2, 0.25) is 5.91 Å². The number of carbonyl (C=O) groups is 1. The van der Waals surface area contributed by atoms with Crippen molar-refractivity contribution in [3.05, 3.63) is 36.0 Å². The number of pyridine rings is 1. The van der Waals surface area contributed by atoms with Gasteiger partial charge >= 0.3 is 6.18 Å². The molecule has 218 valence electrons. The molecule has 5 fully saturated rings. The Morgan fingerprint density at radius 3 is 2.49 bits per heavy atom. The maximum Gasteiger partial charge on any atom is 0.397 e. The highest BCUT2D eigenvalue weighted by Crippen LogP contribution is 2.75. The topological polar surface area (TPSA) is 75.5 Å². The van der Waals surface area contributed by atoms with E-state index in [2.05, 4.69) is 26.2 Å². The van der Waals surface area contributed by atoms with Crippen molar-refractivity contribution >= 4 is 22.5 Å². The number of amides is 1. The molecule has 3 aliphatic carbocycles. The van der Waals surface area contributed by atoms with Crippen LogP contribution >= 0.6 is 0 Å². The third-order valence-electron chi connectivity index (χ3n) is 10.7. The minimum absolute atomic E-state index is 0.00865. The van der Waals surface area contributed by atoms with Crippen LogP contribution in [0.5, 0.6) is 0 Å². The summed E-state index contributed by atoms with van der Waals surface area (Å²) in [6.45, 7) is 5.39. The van der Waals surface area contributed by atoms with Gasteiger partial charge in [-0.15, -0.1) is 0 Å². The van der Waals surface area contributed by atoms with E-state index in [1.807, 2.05) is 0 Å².